The van der Waals surface area contributed by atoms with E-state index in [0.29, 0.717) is 23.6 Å². The van der Waals surface area contributed by atoms with E-state index in [1.165, 1.54) is 0 Å². The third-order valence-electron chi connectivity index (χ3n) is 8.74. The standard InChI is InChI=1S/C28H35N9O4/c1-14-6-5-10-31-19(14)24(40)32-12-17-21-28(36-25(29)35-21)22(38)18(13-37(28)26(30)34-17)33-23(39)15-7-4-8-16-20(15)41-11-9-27(16,2)3/h4-8,10,17-18,21-22,38H,9,11-13H2,1-3H3,(H2,30,34)(H,32,40)(H,33,39)(H3,29,35,36)/t17-,18?,21-,22+,28-/m0/s1. The molecule has 0 saturated carbocycles. The number of hydrogen-bond acceptors (Lipinski definition) is 7. The number of hydrogen-bond donors (Lipinski definition) is 8. The van der Waals surface area contributed by atoms with E-state index >= 15 is 0 Å². The van der Waals surface area contributed by atoms with E-state index in [9.17, 15) is 14.7 Å². The van der Waals surface area contributed by atoms with Gasteiger partial charge in [-0.15, -0.1) is 0 Å². The number of aliphatic hydroxyl groups is 1. The van der Waals surface area contributed by atoms with E-state index in [1.807, 2.05) is 12.1 Å². The van der Waals surface area contributed by atoms with E-state index in [-0.39, 0.29) is 42.2 Å². The van der Waals surface area contributed by atoms with Crippen LogP contribution in [0.15, 0.2) is 36.5 Å². The lowest BCUT2D eigenvalue weighted by Gasteiger charge is -2.49. The van der Waals surface area contributed by atoms with Crippen molar-refractivity contribution in [1.29, 1.82) is 10.8 Å². The zero-order valence-electron chi connectivity index (χ0n) is 23.2. The van der Waals surface area contributed by atoms with Crippen LogP contribution in [-0.2, 0) is 5.41 Å². The van der Waals surface area contributed by atoms with Gasteiger partial charge in [0, 0.05) is 24.8 Å². The number of rotatable bonds is 5. The molecule has 2 aromatic rings. The summed E-state index contributed by atoms with van der Waals surface area (Å²) in [4.78, 5) is 32.2. The van der Waals surface area contributed by atoms with Crippen molar-refractivity contribution in [3.63, 3.8) is 0 Å². The summed E-state index contributed by atoms with van der Waals surface area (Å²) in [6.45, 7) is 6.78. The molecule has 2 amide bonds. The van der Waals surface area contributed by atoms with Gasteiger partial charge in [-0.1, -0.05) is 32.0 Å². The Morgan fingerprint density at radius 3 is 2.78 bits per heavy atom. The quantitative estimate of drug-likeness (QED) is 0.244. The van der Waals surface area contributed by atoms with Gasteiger partial charge in [0.25, 0.3) is 11.8 Å². The van der Waals surface area contributed by atoms with Crippen molar-refractivity contribution in [2.75, 3.05) is 19.7 Å². The lowest BCUT2D eigenvalue weighted by Crippen LogP contribution is -2.78. The number of para-hydroxylation sites is 1. The van der Waals surface area contributed by atoms with Gasteiger partial charge in [0.05, 0.1) is 30.3 Å². The number of aryl methyl sites for hydroxylation is 1. The molecule has 5 atom stereocenters. The van der Waals surface area contributed by atoms with Crippen molar-refractivity contribution in [2.45, 2.75) is 62.5 Å². The Kier molecular flexibility index (Phi) is 6.29. The Morgan fingerprint density at radius 2 is 2.00 bits per heavy atom. The molecule has 216 valence electrons. The normalized spacial score (nSPS) is 29.1. The molecule has 8 N–H and O–H groups in total. The van der Waals surface area contributed by atoms with E-state index in [0.717, 1.165) is 17.5 Å². The molecule has 1 unspecified atom stereocenters. The minimum atomic E-state index is -1.29. The van der Waals surface area contributed by atoms with Crippen molar-refractivity contribution >= 4 is 23.7 Å². The van der Waals surface area contributed by atoms with E-state index in [2.05, 4.69) is 45.4 Å². The van der Waals surface area contributed by atoms with Crippen LogP contribution in [-0.4, -0.2) is 88.3 Å². The molecule has 41 heavy (non-hydrogen) atoms. The van der Waals surface area contributed by atoms with Crippen LogP contribution >= 0.6 is 0 Å². The molecule has 3 saturated heterocycles. The van der Waals surface area contributed by atoms with Gasteiger partial charge in [-0.2, -0.15) is 0 Å². The molecule has 13 nitrogen and oxygen atoms in total. The predicted octanol–water partition coefficient (Wildman–Crippen LogP) is -0.246. The molecule has 1 aromatic heterocycles. The van der Waals surface area contributed by atoms with Crippen molar-refractivity contribution < 1.29 is 19.4 Å². The van der Waals surface area contributed by atoms with Crippen LogP contribution in [0.2, 0.25) is 0 Å². The zero-order valence-corrected chi connectivity index (χ0v) is 23.2. The number of nitrogens with zero attached hydrogens (tertiary/aromatic N) is 2. The lowest BCUT2D eigenvalue weighted by atomic mass is 9.79. The molecule has 0 bridgehead atoms. The number of carbonyl (C=O) groups excluding carboxylic acids is 2. The summed E-state index contributed by atoms with van der Waals surface area (Å²) in [5.74, 6) is -0.198. The molecule has 4 aliphatic heterocycles. The average molecular weight is 562 g/mol. The molecule has 0 radical (unpaired) electrons. The molecule has 5 heterocycles. The highest BCUT2D eigenvalue weighted by Gasteiger charge is 2.66. The first-order valence-corrected chi connectivity index (χ1v) is 13.7. The van der Waals surface area contributed by atoms with E-state index < -0.39 is 29.9 Å². The summed E-state index contributed by atoms with van der Waals surface area (Å²) in [5, 5.41) is 43.8. The minimum absolute atomic E-state index is 0.0106. The summed E-state index contributed by atoms with van der Waals surface area (Å²) in [6, 6.07) is 7.15. The number of aliphatic hydroxyl groups excluding tert-OH is 1. The monoisotopic (exact) mass is 561 g/mol. The molecular formula is C28H35N9O4. The second-order valence-corrected chi connectivity index (χ2v) is 11.7. The highest BCUT2D eigenvalue weighted by Crippen LogP contribution is 2.41. The van der Waals surface area contributed by atoms with E-state index in [4.69, 9.17) is 15.6 Å². The molecule has 4 aliphatic rings. The minimum Gasteiger partial charge on any atom is -0.492 e. The SMILES string of the molecule is Cc1cccnc1C(=O)NC[C@@H]1NC(=N)N2CC(NC(=O)c3cccc4c3OCCC4(C)C)[C@@H](O)[C@@]23NC(=N)N[C@@H]13. The number of fused-ring (bicyclic) bond motifs is 1. The van der Waals surface area contributed by atoms with Crippen molar-refractivity contribution in [2.24, 2.45) is 0 Å². The summed E-state index contributed by atoms with van der Waals surface area (Å²) in [7, 11) is 0. The third kappa shape index (κ3) is 4.22. The topological polar surface area (TPSA) is 188 Å². The van der Waals surface area contributed by atoms with Gasteiger partial charge in [-0.25, -0.2) is 0 Å². The maximum Gasteiger partial charge on any atom is 0.270 e. The number of pyridine rings is 1. The second kappa shape index (κ2) is 9.61. The van der Waals surface area contributed by atoms with Gasteiger partial charge in [-0.3, -0.25) is 25.4 Å². The van der Waals surface area contributed by atoms with Crippen LogP contribution in [0.1, 0.15) is 52.2 Å². The summed E-state index contributed by atoms with van der Waals surface area (Å²) in [5.41, 5.74) is 0.972. The molecule has 13 heteroatoms. The molecule has 1 aromatic carbocycles. The molecule has 3 fully saturated rings. The fourth-order valence-electron chi connectivity index (χ4n) is 6.50. The van der Waals surface area contributed by atoms with Gasteiger partial charge < -0.3 is 41.3 Å². The first-order valence-electron chi connectivity index (χ1n) is 13.7. The van der Waals surface area contributed by atoms with E-state index in [1.54, 1.807) is 36.2 Å². The summed E-state index contributed by atoms with van der Waals surface area (Å²) < 4.78 is 5.93. The number of benzene rings is 1. The largest absolute Gasteiger partial charge is 0.492 e. The molecule has 1 spiro atoms. The summed E-state index contributed by atoms with van der Waals surface area (Å²) >= 11 is 0. The Balaban J connectivity index is 1.23. The first-order chi connectivity index (χ1) is 19.5. The second-order valence-electron chi connectivity index (χ2n) is 11.7. The highest BCUT2D eigenvalue weighted by atomic mass is 16.5. The zero-order chi connectivity index (χ0) is 29.1. The van der Waals surface area contributed by atoms with Crippen molar-refractivity contribution in [3.8, 4) is 5.75 Å². The van der Waals surface area contributed by atoms with Crippen LogP contribution in [0.3, 0.4) is 0 Å². The van der Waals surface area contributed by atoms with Gasteiger partial charge in [0.1, 0.15) is 17.5 Å². The molecular weight excluding hydrogens is 526 g/mol. The lowest BCUT2D eigenvalue weighted by molar-refractivity contribution is 0.00611. The van der Waals surface area contributed by atoms with Crippen molar-refractivity contribution in [1.82, 2.24) is 36.5 Å². The third-order valence-corrected chi connectivity index (χ3v) is 8.74. The first kappa shape index (κ1) is 26.8. The van der Waals surface area contributed by atoms with Crippen LogP contribution in [0.4, 0.5) is 0 Å². The van der Waals surface area contributed by atoms with Crippen LogP contribution < -0.4 is 31.3 Å². The van der Waals surface area contributed by atoms with Crippen LogP contribution in [0.25, 0.3) is 0 Å². The van der Waals surface area contributed by atoms with Crippen LogP contribution in [0, 0.1) is 17.7 Å². The number of ether oxygens (including phenoxy) is 1. The number of aromatic nitrogens is 1. The van der Waals surface area contributed by atoms with Gasteiger partial charge in [0.2, 0.25) is 0 Å². The fourth-order valence-corrected chi connectivity index (χ4v) is 6.50. The maximum atomic E-state index is 13.6. The average Bonchev–Trinajstić information content (AvgIpc) is 3.43. The number of carbonyl (C=O) groups is 2. The molecule has 0 aliphatic carbocycles. The van der Waals surface area contributed by atoms with Gasteiger partial charge in [0.15, 0.2) is 17.6 Å². The smallest absolute Gasteiger partial charge is 0.270 e. The van der Waals surface area contributed by atoms with Crippen LogP contribution in [0.5, 0.6) is 5.75 Å². The maximum absolute atomic E-state index is 13.6. The Labute approximate surface area is 237 Å². The van der Waals surface area contributed by atoms with Crippen molar-refractivity contribution in [3.05, 3.63) is 58.9 Å². The predicted molar refractivity (Wildman–Crippen MR) is 150 cm³/mol. The number of nitrogens with one attached hydrogen (secondary N) is 7. The molecule has 6 rings (SSSR count). The van der Waals surface area contributed by atoms with Gasteiger partial charge >= 0.3 is 0 Å². The highest BCUT2D eigenvalue weighted by molar-refractivity contribution is 5.98. The Bertz CT molecular complexity index is 1450. The summed E-state index contributed by atoms with van der Waals surface area (Å²) in [6.07, 6.45) is 1.20. The number of amides is 2. The Morgan fingerprint density at radius 1 is 1.20 bits per heavy atom. The Hall–Kier alpha value is -4.39. The fraction of sp³-hybridized carbons (Fsp3) is 0.464. The number of guanidine groups is 2. The van der Waals surface area contributed by atoms with Gasteiger partial charge in [-0.05, 0) is 36.5 Å².